The number of esters is 1. The van der Waals surface area contributed by atoms with Gasteiger partial charge in [-0.2, -0.15) is 0 Å². The van der Waals surface area contributed by atoms with Crippen LogP contribution in [-0.2, 0) is 18.4 Å². The maximum atomic E-state index is 12.5. The van der Waals surface area contributed by atoms with E-state index in [0.29, 0.717) is 27.3 Å². The predicted molar refractivity (Wildman–Crippen MR) is 115 cm³/mol. The topological polar surface area (TPSA) is 70.4 Å². The van der Waals surface area contributed by atoms with Gasteiger partial charge in [0.05, 0.1) is 18.3 Å². The first-order chi connectivity index (χ1) is 14.0. The number of benzene rings is 1. The molecule has 0 unspecified atom stereocenters. The number of hydrogen-bond acceptors (Lipinski definition) is 6. The molecular weight excluding hydrogens is 388 g/mol. The first-order valence-corrected chi connectivity index (χ1v) is 10.7. The van der Waals surface area contributed by atoms with E-state index in [-0.39, 0.29) is 12.2 Å². The number of thiophene rings is 1. The van der Waals surface area contributed by atoms with Crippen molar-refractivity contribution in [1.82, 2.24) is 9.55 Å². The molecule has 0 spiro atoms. The minimum atomic E-state index is -0.441. The average molecular weight is 415 g/mol. The molecule has 154 valence electrons. The second kappa shape index (κ2) is 9.69. The van der Waals surface area contributed by atoms with Crippen molar-refractivity contribution >= 4 is 27.5 Å². The third kappa shape index (κ3) is 5.03. The number of carbonyl (C=O) groups excluding carboxylic acids is 1. The first-order valence-electron chi connectivity index (χ1n) is 9.84. The summed E-state index contributed by atoms with van der Waals surface area (Å²) in [6.45, 7) is 4.82. The summed E-state index contributed by atoms with van der Waals surface area (Å²) in [5.41, 5.74) is 1.34. The van der Waals surface area contributed by atoms with Crippen molar-refractivity contribution in [3.63, 3.8) is 0 Å². The Balaban J connectivity index is 1.58. The number of nitrogens with zero attached hydrogens (tertiary/aromatic N) is 2. The van der Waals surface area contributed by atoms with E-state index in [4.69, 9.17) is 9.47 Å². The van der Waals surface area contributed by atoms with Gasteiger partial charge in [-0.25, -0.2) is 9.78 Å². The van der Waals surface area contributed by atoms with Crippen LogP contribution in [0.2, 0.25) is 0 Å². The molecule has 0 radical (unpaired) electrons. The summed E-state index contributed by atoms with van der Waals surface area (Å²) in [6.07, 6.45) is 6.14. The molecule has 0 aliphatic carbocycles. The number of fused-ring (bicyclic) bond motifs is 1. The molecule has 2 aromatic heterocycles. The van der Waals surface area contributed by atoms with Gasteiger partial charge in [0.2, 0.25) is 0 Å². The number of unbranched alkanes of at least 4 members (excludes halogenated alkanes) is 3. The average Bonchev–Trinajstić information content (AvgIpc) is 3.07. The molecule has 0 aliphatic heterocycles. The summed E-state index contributed by atoms with van der Waals surface area (Å²) >= 11 is 1.19. The van der Waals surface area contributed by atoms with E-state index in [1.54, 1.807) is 14.0 Å². The quantitative estimate of drug-likeness (QED) is 0.377. The van der Waals surface area contributed by atoms with Gasteiger partial charge in [-0.05, 0) is 36.6 Å². The van der Waals surface area contributed by atoms with Crippen LogP contribution in [0.1, 0.15) is 53.4 Å². The van der Waals surface area contributed by atoms with E-state index in [1.807, 2.05) is 24.3 Å². The Kier molecular flexibility index (Phi) is 7.04. The van der Waals surface area contributed by atoms with Crippen molar-refractivity contribution in [1.29, 1.82) is 0 Å². The lowest BCUT2D eigenvalue weighted by Gasteiger charge is -2.08. The van der Waals surface area contributed by atoms with Crippen LogP contribution >= 0.6 is 11.3 Å². The second-order valence-electron chi connectivity index (χ2n) is 7.03. The molecular formula is C22H26N2O4S. The van der Waals surface area contributed by atoms with Crippen LogP contribution in [0.25, 0.3) is 10.2 Å². The Morgan fingerprint density at radius 3 is 2.66 bits per heavy atom. The zero-order chi connectivity index (χ0) is 20.8. The van der Waals surface area contributed by atoms with Crippen LogP contribution in [-0.4, -0.2) is 22.1 Å². The minimum Gasteiger partial charge on any atom is -0.494 e. The molecule has 0 fully saturated rings. The summed E-state index contributed by atoms with van der Waals surface area (Å²) < 4.78 is 12.6. The third-order valence-electron chi connectivity index (χ3n) is 4.76. The smallest absolute Gasteiger partial charge is 0.349 e. The Labute approximate surface area is 174 Å². The van der Waals surface area contributed by atoms with Gasteiger partial charge in [0.25, 0.3) is 5.56 Å². The highest BCUT2D eigenvalue weighted by molar-refractivity contribution is 7.20. The molecule has 3 rings (SSSR count). The molecule has 0 atom stereocenters. The molecule has 6 nitrogen and oxygen atoms in total. The van der Waals surface area contributed by atoms with Crippen LogP contribution in [0.5, 0.6) is 5.75 Å². The number of rotatable bonds is 9. The molecule has 2 heterocycles. The zero-order valence-corrected chi connectivity index (χ0v) is 17.9. The van der Waals surface area contributed by atoms with E-state index in [9.17, 15) is 9.59 Å². The highest BCUT2D eigenvalue weighted by Gasteiger charge is 2.20. The predicted octanol–water partition coefficient (Wildman–Crippen LogP) is 4.62. The molecule has 0 aliphatic rings. The van der Waals surface area contributed by atoms with Gasteiger partial charge in [-0.3, -0.25) is 4.79 Å². The zero-order valence-electron chi connectivity index (χ0n) is 17.1. The summed E-state index contributed by atoms with van der Waals surface area (Å²) in [4.78, 5) is 30.0. The monoisotopic (exact) mass is 414 g/mol. The van der Waals surface area contributed by atoms with Gasteiger partial charge >= 0.3 is 5.97 Å². The first kappa shape index (κ1) is 21.0. The van der Waals surface area contributed by atoms with Crippen molar-refractivity contribution in [2.24, 2.45) is 7.05 Å². The number of carbonyl (C=O) groups is 1. The molecule has 0 saturated carbocycles. The van der Waals surface area contributed by atoms with Crippen LogP contribution in [0.3, 0.4) is 0 Å². The number of aryl methyl sites for hydroxylation is 2. The van der Waals surface area contributed by atoms with Gasteiger partial charge in [0, 0.05) is 7.05 Å². The van der Waals surface area contributed by atoms with Crippen molar-refractivity contribution in [3.05, 3.63) is 57.0 Å². The summed E-state index contributed by atoms with van der Waals surface area (Å²) in [5, 5.41) is 0.479. The van der Waals surface area contributed by atoms with Crippen LogP contribution in [0.4, 0.5) is 0 Å². The molecule has 29 heavy (non-hydrogen) atoms. The summed E-state index contributed by atoms with van der Waals surface area (Å²) in [6, 6.07) is 7.57. The lowest BCUT2D eigenvalue weighted by atomic mass is 10.2. The highest BCUT2D eigenvalue weighted by atomic mass is 32.1. The molecule has 7 heteroatoms. The lowest BCUT2D eigenvalue weighted by Crippen LogP contribution is -2.16. The van der Waals surface area contributed by atoms with E-state index >= 15 is 0 Å². The number of aromatic nitrogens is 2. The highest BCUT2D eigenvalue weighted by Crippen LogP contribution is 2.27. The number of ether oxygens (including phenoxy) is 2. The molecule has 0 bridgehead atoms. The fourth-order valence-electron chi connectivity index (χ4n) is 3.02. The Hall–Kier alpha value is -2.67. The van der Waals surface area contributed by atoms with Crippen molar-refractivity contribution in [3.8, 4) is 5.75 Å². The molecule has 0 N–H and O–H groups in total. The Morgan fingerprint density at radius 2 is 1.93 bits per heavy atom. The maximum Gasteiger partial charge on any atom is 0.349 e. The second-order valence-corrected chi connectivity index (χ2v) is 8.03. The molecule has 0 amide bonds. The third-order valence-corrected chi connectivity index (χ3v) is 5.94. The fourth-order valence-corrected chi connectivity index (χ4v) is 4.05. The van der Waals surface area contributed by atoms with Gasteiger partial charge < -0.3 is 14.0 Å². The van der Waals surface area contributed by atoms with Gasteiger partial charge in [-0.15, -0.1) is 11.3 Å². The van der Waals surface area contributed by atoms with Gasteiger partial charge in [0.1, 0.15) is 22.1 Å². The van der Waals surface area contributed by atoms with Crippen LogP contribution in [0.15, 0.2) is 35.4 Å². The van der Waals surface area contributed by atoms with E-state index < -0.39 is 5.97 Å². The standard InChI is InChI=1S/C22H26N2O4S/c1-4-5-6-7-12-27-17-10-8-16(9-11-17)13-28-22(26)19-15(2)18-20(29-19)23-14-24(3)21(18)25/h8-11,14H,4-7,12-13H2,1-3H3. The Bertz CT molecular complexity index is 1040. The SMILES string of the molecule is CCCCCCOc1ccc(COC(=O)c2sc3ncn(C)c(=O)c3c2C)cc1. The number of hydrogen-bond donors (Lipinski definition) is 0. The summed E-state index contributed by atoms with van der Waals surface area (Å²) in [5.74, 6) is 0.377. The van der Waals surface area contributed by atoms with Crippen LogP contribution in [0, 0.1) is 6.92 Å². The normalized spacial score (nSPS) is 11.0. The lowest BCUT2D eigenvalue weighted by molar-refractivity contribution is 0.0478. The van der Waals surface area contributed by atoms with E-state index in [1.165, 1.54) is 41.5 Å². The molecule has 3 aromatic rings. The minimum absolute atomic E-state index is 0.159. The Morgan fingerprint density at radius 1 is 1.17 bits per heavy atom. The molecule has 0 saturated heterocycles. The van der Waals surface area contributed by atoms with Gasteiger partial charge in [0.15, 0.2) is 0 Å². The van der Waals surface area contributed by atoms with E-state index in [0.717, 1.165) is 17.7 Å². The molecule has 1 aromatic carbocycles. The fraction of sp³-hybridized carbons (Fsp3) is 0.409. The van der Waals surface area contributed by atoms with Crippen molar-refractivity contribution in [2.75, 3.05) is 6.61 Å². The van der Waals surface area contributed by atoms with Crippen molar-refractivity contribution in [2.45, 2.75) is 46.1 Å². The largest absolute Gasteiger partial charge is 0.494 e. The van der Waals surface area contributed by atoms with Crippen LogP contribution < -0.4 is 10.3 Å². The van der Waals surface area contributed by atoms with Gasteiger partial charge in [-0.1, -0.05) is 38.3 Å². The maximum absolute atomic E-state index is 12.5. The van der Waals surface area contributed by atoms with Crippen molar-refractivity contribution < 1.29 is 14.3 Å². The van der Waals surface area contributed by atoms with E-state index in [2.05, 4.69) is 11.9 Å². The summed E-state index contributed by atoms with van der Waals surface area (Å²) in [7, 11) is 1.64.